The van der Waals surface area contributed by atoms with E-state index in [4.69, 9.17) is 0 Å². The van der Waals surface area contributed by atoms with Crippen molar-refractivity contribution in [1.82, 2.24) is 19.7 Å². The molecule has 1 aliphatic heterocycles. The van der Waals surface area contributed by atoms with Gasteiger partial charge in [0.05, 0.1) is 18.2 Å². The van der Waals surface area contributed by atoms with Crippen molar-refractivity contribution in [1.29, 1.82) is 0 Å². The minimum atomic E-state index is -0.0520. The number of benzene rings is 2. The fourth-order valence-corrected chi connectivity index (χ4v) is 3.70. The molecule has 1 aliphatic rings. The molecule has 30 heavy (non-hydrogen) atoms. The molecule has 0 saturated carbocycles. The van der Waals surface area contributed by atoms with Crippen LogP contribution in [0.3, 0.4) is 0 Å². The molecule has 7 nitrogen and oxygen atoms in total. The molecule has 1 saturated heterocycles. The van der Waals surface area contributed by atoms with Gasteiger partial charge >= 0.3 is 0 Å². The van der Waals surface area contributed by atoms with Gasteiger partial charge in [0.1, 0.15) is 12.7 Å². The average Bonchev–Trinajstić information content (AvgIpc) is 3.45. The summed E-state index contributed by atoms with van der Waals surface area (Å²) in [6.07, 6.45) is 4.99. The maximum absolute atomic E-state index is 12.8. The molecule has 2 heterocycles. The van der Waals surface area contributed by atoms with Crippen molar-refractivity contribution in [3.8, 4) is 5.69 Å². The monoisotopic (exact) mass is 403 g/mol. The van der Waals surface area contributed by atoms with Crippen LogP contribution in [0, 0.1) is 0 Å². The minimum absolute atomic E-state index is 0.0489. The standard InChI is InChI=1S/C23H25N5O2/c1-17(19-7-11-21(12-8-19)28-16-24-15-25-28)26(2)23(30)14-18-5-9-20(10-6-18)27-13-3-4-22(27)29/h5-12,15-17H,3-4,13-14H2,1-2H3/t17-/m0/s1. The Morgan fingerprint density at radius 3 is 2.40 bits per heavy atom. The molecule has 0 bridgehead atoms. The zero-order valence-corrected chi connectivity index (χ0v) is 17.2. The SMILES string of the molecule is C[C@@H](c1ccc(-n2cncn2)cc1)N(C)C(=O)Cc1ccc(N2CCCC2=O)cc1. The molecule has 2 amide bonds. The van der Waals surface area contributed by atoms with Gasteiger partial charge in [-0.15, -0.1) is 0 Å². The van der Waals surface area contributed by atoms with Gasteiger partial charge in [-0.2, -0.15) is 5.10 Å². The first-order chi connectivity index (χ1) is 14.5. The molecule has 1 atom stereocenters. The Balaban J connectivity index is 1.38. The van der Waals surface area contributed by atoms with Crippen molar-refractivity contribution in [2.45, 2.75) is 32.2 Å². The van der Waals surface area contributed by atoms with E-state index in [2.05, 4.69) is 10.1 Å². The van der Waals surface area contributed by atoms with Gasteiger partial charge in [-0.05, 0) is 48.7 Å². The fraction of sp³-hybridized carbons (Fsp3) is 0.304. The van der Waals surface area contributed by atoms with E-state index in [-0.39, 0.29) is 17.9 Å². The van der Waals surface area contributed by atoms with E-state index in [1.165, 1.54) is 6.33 Å². The van der Waals surface area contributed by atoms with E-state index in [0.717, 1.165) is 35.5 Å². The number of likely N-dealkylation sites (N-methyl/N-ethyl adjacent to an activating group) is 1. The van der Waals surface area contributed by atoms with Gasteiger partial charge < -0.3 is 9.80 Å². The summed E-state index contributed by atoms with van der Waals surface area (Å²) >= 11 is 0. The van der Waals surface area contributed by atoms with E-state index >= 15 is 0 Å². The number of anilines is 1. The van der Waals surface area contributed by atoms with Crippen LogP contribution in [0.4, 0.5) is 5.69 Å². The predicted octanol–water partition coefficient (Wildman–Crippen LogP) is 3.16. The summed E-state index contributed by atoms with van der Waals surface area (Å²) in [5, 5.41) is 4.13. The van der Waals surface area contributed by atoms with Gasteiger partial charge in [-0.25, -0.2) is 9.67 Å². The largest absolute Gasteiger partial charge is 0.339 e. The van der Waals surface area contributed by atoms with Gasteiger partial charge in [0.15, 0.2) is 0 Å². The molecule has 1 fully saturated rings. The van der Waals surface area contributed by atoms with Crippen LogP contribution in [-0.2, 0) is 16.0 Å². The normalized spacial score (nSPS) is 14.7. The summed E-state index contributed by atoms with van der Waals surface area (Å²) in [7, 11) is 1.83. The van der Waals surface area contributed by atoms with Crippen molar-refractivity contribution in [2.24, 2.45) is 0 Å². The number of aromatic nitrogens is 3. The van der Waals surface area contributed by atoms with E-state index < -0.39 is 0 Å². The van der Waals surface area contributed by atoms with Crippen LogP contribution in [0.1, 0.15) is 36.9 Å². The second kappa shape index (κ2) is 8.49. The first-order valence-electron chi connectivity index (χ1n) is 10.1. The molecule has 0 unspecified atom stereocenters. The number of rotatable bonds is 6. The fourth-order valence-electron chi connectivity index (χ4n) is 3.70. The molecular formula is C23H25N5O2. The number of carbonyl (C=O) groups excluding carboxylic acids is 2. The molecule has 154 valence electrons. The van der Waals surface area contributed by atoms with Gasteiger partial charge in [-0.3, -0.25) is 9.59 Å². The van der Waals surface area contributed by atoms with Gasteiger partial charge in [0.25, 0.3) is 0 Å². The summed E-state index contributed by atoms with van der Waals surface area (Å²) in [5.41, 5.74) is 3.82. The van der Waals surface area contributed by atoms with Crippen LogP contribution >= 0.6 is 0 Å². The van der Waals surface area contributed by atoms with Gasteiger partial charge in [0, 0.05) is 25.7 Å². The van der Waals surface area contributed by atoms with E-state index in [1.807, 2.05) is 67.4 Å². The van der Waals surface area contributed by atoms with Crippen LogP contribution in [0.5, 0.6) is 0 Å². The summed E-state index contributed by atoms with van der Waals surface area (Å²) in [6.45, 7) is 2.79. The lowest BCUT2D eigenvalue weighted by Gasteiger charge is -2.26. The Morgan fingerprint density at radius 1 is 1.10 bits per heavy atom. The number of hydrogen-bond donors (Lipinski definition) is 0. The van der Waals surface area contributed by atoms with Crippen LogP contribution in [-0.4, -0.2) is 45.1 Å². The lowest BCUT2D eigenvalue weighted by atomic mass is 10.1. The number of carbonyl (C=O) groups is 2. The lowest BCUT2D eigenvalue weighted by molar-refractivity contribution is -0.131. The Labute approximate surface area is 175 Å². The molecule has 0 radical (unpaired) electrons. The molecule has 3 aromatic rings. The summed E-state index contributed by atoms with van der Waals surface area (Å²) in [4.78, 5) is 32.2. The highest BCUT2D eigenvalue weighted by atomic mass is 16.2. The molecule has 2 aromatic carbocycles. The second-order valence-corrected chi connectivity index (χ2v) is 7.60. The second-order valence-electron chi connectivity index (χ2n) is 7.60. The van der Waals surface area contributed by atoms with Gasteiger partial charge in [-0.1, -0.05) is 24.3 Å². The number of hydrogen-bond acceptors (Lipinski definition) is 4. The quantitative estimate of drug-likeness (QED) is 0.634. The maximum atomic E-state index is 12.8. The molecule has 0 aliphatic carbocycles. The maximum Gasteiger partial charge on any atom is 0.227 e. The number of amides is 2. The zero-order chi connectivity index (χ0) is 21.1. The zero-order valence-electron chi connectivity index (χ0n) is 17.2. The Hall–Kier alpha value is -3.48. The first kappa shape index (κ1) is 19.8. The van der Waals surface area contributed by atoms with Crippen LogP contribution in [0.2, 0.25) is 0 Å². The number of nitrogens with zero attached hydrogens (tertiary/aromatic N) is 5. The third-order valence-corrected chi connectivity index (χ3v) is 5.71. The topological polar surface area (TPSA) is 71.3 Å². The van der Waals surface area contributed by atoms with E-state index in [0.29, 0.717) is 12.8 Å². The van der Waals surface area contributed by atoms with E-state index in [1.54, 1.807) is 15.9 Å². The molecule has 0 N–H and O–H groups in total. The van der Waals surface area contributed by atoms with Crippen LogP contribution in [0.25, 0.3) is 5.69 Å². The highest BCUT2D eigenvalue weighted by Crippen LogP contribution is 2.23. The van der Waals surface area contributed by atoms with Crippen molar-refractivity contribution >= 4 is 17.5 Å². The molecule has 1 aromatic heterocycles. The molecular weight excluding hydrogens is 378 g/mol. The summed E-state index contributed by atoms with van der Waals surface area (Å²) in [6, 6.07) is 15.6. The van der Waals surface area contributed by atoms with Crippen molar-refractivity contribution < 1.29 is 9.59 Å². The van der Waals surface area contributed by atoms with Gasteiger partial charge in [0.2, 0.25) is 11.8 Å². The molecule has 0 spiro atoms. The Morgan fingerprint density at radius 2 is 1.80 bits per heavy atom. The minimum Gasteiger partial charge on any atom is -0.339 e. The van der Waals surface area contributed by atoms with Crippen molar-refractivity contribution in [3.05, 3.63) is 72.3 Å². The average molecular weight is 403 g/mol. The Kier molecular flexibility index (Phi) is 5.61. The molecule has 7 heteroatoms. The highest BCUT2D eigenvalue weighted by Gasteiger charge is 2.22. The lowest BCUT2D eigenvalue weighted by Crippen LogP contribution is -2.31. The summed E-state index contributed by atoms with van der Waals surface area (Å²) in [5.74, 6) is 0.218. The highest BCUT2D eigenvalue weighted by molar-refractivity contribution is 5.95. The first-order valence-corrected chi connectivity index (χ1v) is 10.1. The van der Waals surface area contributed by atoms with Crippen molar-refractivity contribution in [2.75, 3.05) is 18.5 Å². The van der Waals surface area contributed by atoms with Crippen LogP contribution < -0.4 is 4.90 Å². The van der Waals surface area contributed by atoms with Crippen LogP contribution in [0.15, 0.2) is 61.2 Å². The molecule has 4 rings (SSSR count). The Bertz CT molecular complexity index is 1010. The smallest absolute Gasteiger partial charge is 0.227 e. The van der Waals surface area contributed by atoms with E-state index in [9.17, 15) is 9.59 Å². The third kappa shape index (κ3) is 4.10. The summed E-state index contributed by atoms with van der Waals surface area (Å²) < 4.78 is 1.70. The predicted molar refractivity (Wildman–Crippen MR) is 114 cm³/mol. The third-order valence-electron chi connectivity index (χ3n) is 5.71. The van der Waals surface area contributed by atoms with Crippen molar-refractivity contribution in [3.63, 3.8) is 0 Å².